The van der Waals surface area contributed by atoms with Gasteiger partial charge in [-0.15, -0.1) is 6.58 Å². The van der Waals surface area contributed by atoms with Crippen LogP contribution in [0.3, 0.4) is 0 Å². The van der Waals surface area contributed by atoms with Crippen LogP contribution in [0.1, 0.15) is 24.0 Å². The molecule has 30 heavy (non-hydrogen) atoms. The second-order valence-corrected chi connectivity index (χ2v) is 7.44. The van der Waals surface area contributed by atoms with Crippen LogP contribution in [-0.2, 0) is 9.53 Å². The predicted molar refractivity (Wildman–Crippen MR) is 116 cm³/mol. The summed E-state index contributed by atoms with van der Waals surface area (Å²) in [5.74, 6) is 0.801. The summed E-state index contributed by atoms with van der Waals surface area (Å²) in [4.78, 5) is 33.0. The number of rotatable bonds is 7. The lowest BCUT2D eigenvalue weighted by atomic mass is 9.82. The zero-order chi connectivity index (χ0) is 21.8. The van der Waals surface area contributed by atoms with Crippen molar-refractivity contribution in [3.63, 3.8) is 0 Å². The highest BCUT2D eigenvalue weighted by molar-refractivity contribution is 7.99. The van der Waals surface area contributed by atoms with Crippen molar-refractivity contribution >= 4 is 23.5 Å². The Bertz CT molecular complexity index is 1080. The minimum Gasteiger partial charge on any atom is -0.493 e. The quantitative estimate of drug-likeness (QED) is 0.300. The van der Waals surface area contributed by atoms with E-state index in [9.17, 15) is 9.59 Å². The summed E-state index contributed by atoms with van der Waals surface area (Å²) in [6, 6.07) is 5.27. The molecular weight excluding hydrogens is 406 g/mol. The van der Waals surface area contributed by atoms with Gasteiger partial charge in [0.05, 0.1) is 38.4 Å². The highest BCUT2D eigenvalue weighted by Gasteiger charge is 2.36. The van der Waals surface area contributed by atoms with E-state index in [-0.39, 0.29) is 5.56 Å². The molecule has 1 aliphatic rings. The minimum absolute atomic E-state index is 0.330. The number of methoxy groups -OCH3 is 3. The Morgan fingerprint density at radius 1 is 1.27 bits per heavy atom. The van der Waals surface area contributed by atoms with Gasteiger partial charge in [0.15, 0.2) is 16.7 Å². The molecule has 0 saturated carbocycles. The van der Waals surface area contributed by atoms with E-state index in [1.165, 1.54) is 26.0 Å². The summed E-state index contributed by atoms with van der Waals surface area (Å²) in [5, 5.41) is 3.55. The van der Waals surface area contributed by atoms with E-state index in [0.717, 1.165) is 0 Å². The van der Waals surface area contributed by atoms with E-state index >= 15 is 0 Å². The van der Waals surface area contributed by atoms with Crippen molar-refractivity contribution < 1.29 is 19.0 Å². The lowest BCUT2D eigenvalue weighted by Gasteiger charge is -2.29. The average Bonchev–Trinajstić information content (AvgIpc) is 2.75. The average molecular weight is 429 g/mol. The van der Waals surface area contributed by atoms with Gasteiger partial charge in [0, 0.05) is 11.4 Å². The van der Waals surface area contributed by atoms with Crippen LogP contribution >= 0.6 is 11.8 Å². The Morgan fingerprint density at radius 2 is 2.00 bits per heavy atom. The number of nitrogens with one attached hydrogen (secondary N) is 2. The third-order valence-electron chi connectivity index (χ3n) is 4.70. The molecule has 0 amide bonds. The van der Waals surface area contributed by atoms with E-state index in [1.807, 2.05) is 0 Å². The molecule has 2 heterocycles. The monoisotopic (exact) mass is 429 g/mol. The van der Waals surface area contributed by atoms with E-state index < -0.39 is 11.9 Å². The zero-order valence-electron chi connectivity index (χ0n) is 17.2. The van der Waals surface area contributed by atoms with Crippen LogP contribution in [-0.4, -0.2) is 43.0 Å². The van der Waals surface area contributed by atoms with Crippen LogP contribution in [0.25, 0.3) is 0 Å². The van der Waals surface area contributed by atoms with Crippen molar-refractivity contribution in [2.45, 2.75) is 18.0 Å². The summed E-state index contributed by atoms with van der Waals surface area (Å²) in [6.45, 7) is 5.43. The molecule has 0 radical (unpaired) electrons. The molecule has 158 valence electrons. The lowest BCUT2D eigenvalue weighted by Crippen LogP contribution is -2.31. The number of hydrogen-bond acceptors (Lipinski definition) is 8. The molecule has 1 aliphatic heterocycles. The fourth-order valence-corrected chi connectivity index (χ4v) is 3.98. The highest BCUT2D eigenvalue weighted by Crippen LogP contribution is 2.42. The Kier molecular flexibility index (Phi) is 6.51. The van der Waals surface area contributed by atoms with Crippen molar-refractivity contribution in [2.75, 3.05) is 32.4 Å². The second-order valence-electron chi connectivity index (χ2n) is 6.44. The predicted octanol–water partition coefficient (Wildman–Crippen LogP) is 3.07. The fourth-order valence-electron chi connectivity index (χ4n) is 3.38. The topological polar surface area (TPSA) is 103 Å². The van der Waals surface area contributed by atoms with Crippen molar-refractivity contribution in [2.24, 2.45) is 0 Å². The van der Waals surface area contributed by atoms with Crippen LogP contribution in [0, 0.1) is 0 Å². The number of allylic oxidation sites excluding steroid dienone is 1. The lowest BCUT2D eigenvalue weighted by molar-refractivity contribution is -0.136. The molecular formula is C21H23N3O5S. The van der Waals surface area contributed by atoms with Crippen molar-refractivity contribution in [3.05, 3.63) is 63.6 Å². The molecule has 9 heteroatoms. The Labute approximate surface area is 178 Å². The van der Waals surface area contributed by atoms with Crippen LogP contribution < -0.4 is 20.3 Å². The number of hydrogen-bond donors (Lipinski definition) is 2. The fraction of sp³-hybridized carbons (Fsp3) is 0.286. The molecule has 0 saturated heterocycles. The molecule has 1 aromatic carbocycles. The molecule has 2 N–H and O–H groups in total. The number of carbonyl (C=O) groups is 1. The summed E-state index contributed by atoms with van der Waals surface area (Å²) >= 11 is 1.36. The van der Waals surface area contributed by atoms with Gasteiger partial charge in [-0.3, -0.25) is 4.79 Å². The zero-order valence-corrected chi connectivity index (χ0v) is 18.0. The number of esters is 1. The minimum atomic E-state index is -0.691. The van der Waals surface area contributed by atoms with Crippen LogP contribution in [0.15, 0.2) is 52.1 Å². The maximum atomic E-state index is 13.1. The van der Waals surface area contributed by atoms with Crippen LogP contribution in [0.5, 0.6) is 11.5 Å². The van der Waals surface area contributed by atoms with Gasteiger partial charge in [0.1, 0.15) is 5.82 Å². The van der Waals surface area contributed by atoms with Gasteiger partial charge in [0.25, 0.3) is 5.56 Å². The maximum absolute atomic E-state index is 13.1. The van der Waals surface area contributed by atoms with Gasteiger partial charge < -0.3 is 24.5 Å². The number of H-pyrrole nitrogens is 1. The first-order valence-corrected chi connectivity index (χ1v) is 10.1. The summed E-state index contributed by atoms with van der Waals surface area (Å²) < 4.78 is 15.7. The van der Waals surface area contributed by atoms with Gasteiger partial charge in [0.2, 0.25) is 0 Å². The van der Waals surface area contributed by atoms with Crippen molar-refractivity contribution in [3.8, 4) is 11.5 Å². The molecule has 0 unspecified atom stereocenters. The third kappa shape index (κ3) is 3.93. The van der Waals surface area contributed by atoms with Crippen LogP contribution in [0.4, 0.5) is 5.82 Å². The first kappa shape index (κ1) is 21.5. The summed E-state index contributed by atoms with van der Waals surface area (Å²) in [7, 11) is 4.37. The van der Waals surface area contributed by atoms with Gasteiger partial charge in [-0.25, -0.2) is 9.78 Å². The maximum Gasteiger partial charge on any atom is 0.336 e. The summed E-state index contributed by atoms with van der Waals surface area (Å²) in [5.41, 5.74) is 1.56. The van der Waals surface area contributed by atoms with Gasteiger partial charge >= 0.3 is 5.97 Å². The summed E-state index contributed by atoms with van der Waals surface area (Å²) in [6.07, 6.45) is 1.73. The number of benzene rings is 1. The SMILES string of the molecule is C=CCSc1nc2c(c(=O)[nH]1)[C@@H](c1ccc(OC)c(OC)c1)C(C(=O)OC)=C(C)N2. The first-order valence-electron chi connectivity index (χ1n) is 9.11. The molecule has 0 fully saturated rings. The van der Waals surface area contributed by atoms with Gasteiger partial charge in [-0.2, -0.15) is 0 Å². The number of aromatic amines is 1. The molecule has 2 aromatic rings. The number of nitrogens with zero attached hydrogens (tertiary/aromatic N) is 1. The van der Waals surface area contributed by atoms with E-state index in [0.29, 0.717) is 50.6 Å². The second kappa shape index (κ2) is 9.08. The Morgan fingerprint density at radius 3 is 2.63 bits per heavy atom. The van der Waals surface area contributed by atoms with Gasteiger partial charge in [-0.1, -0.05) is 23.9 Å². The number of anilines is 1. The number of ether oxygens (including phenoxy) is 3. The standard InChI is InChI=1S/C21H23N3O5S/c1-6-9-30-21-23-18-17(19(25)24-21)16(15(11(2)22-18)20(26)29-5)12-7-8-13(27-3)14(10-12)28-4/h6-8,10,16H,1,9H2,2-5H3,(H2,22,23,24,25)/t16-/m0/s1. The van der Waals surface area contributed by atoms with E-state index in [4.69, 9.17) is 14.2 Å². The van der Waals surface area contributed by atoms with E-state index in [1.54, 1.807) is 38.3 Å². The largest absolute Gasteiger partial charge is 0.493 e. The van der Waals surface area contributed by atoms with Crippen molar-refractivity contribution in [1.29, 1.82) is 0 Å². The first-order chi connectivity index (χ1) is 14.4. The molecule has 0 aliphatic carbocycles. The molecule has 0 spiro atoms. The Hall–Kier alpha value is -3.20. The number of thioether (sulfide) groups is 1. The number of carbonyl (C=O) groups excluding carboxylic acids is 1. The molecule has 0 bridgehead atoms. The molecule has 8 nitrogen and oxygen atoms in total. The van der Waals surface area contributed by atoms with E-state index in [2.05, 4.69) is 21.9 Å². The van der Waals surface area contributed by atoms with Crippen LogP contribution in [0.2, 0.25) is 0 Å². The number of fused-ring (bicyclic) bond motifs is 1. The van der Waals surface area contributed by atoms with Crippen molar-refractivity contribution in [1.82, 2.24) is 9.97 Å². The Balaban J connectivity index is 2.24. The highest BCUT2D eigenvalue weighted by atomic mass is 32.2. The smallest absolute Gasteiger partial charge is 0.336 e. The van der Waals surface area contributed by atoms with Gasteiger partial charge in [-0.05, 0) is 24.6 Å². The normalized spacial score (nSPS) is 15.1. The molecule has 3 rings (SSSR count). The number of aromatic nitrogens is 2. The third-order valence-corrected chi connectivity index (χ3v) is 5.57. The molecule has 1 atom stereocenters. The molecule has 1 aromatic heterocycles.